The van der Waals surface area contributed by atoms with Gasteiger partial charge in [-0.15, -0.1) is 0 Å². The van der Waals surface area contributed by atoms with E-state index >= 15 is 0 Å². The molecule has 0 radical (unpaired) electrons. The van der Waals surface area contributed by atoms with E-state index in [1.807, 2.05) is 13.8 Å². The van der Waals surface area contributed by atoms with Crippen molar-refractivity contribution in [2.24, 2.45) is 0 Å². The number of carbonyl (C=O) groups is 1. The molecule has 1 aliphatic rings. The highest BCUT2D eigenvalue weighted by Gasteiger charge is 2.32. The lowest BCUT2D eigenvalue weighted by Gasteiger charge is -2.39. The highest BCUT2D eigenvalue weighted by Crippen LogP contribution is 2.29. The number of carbonyl (C=O) groups excluding carboxylic acids is 1. The van der Waals surface area contributed by atoms with Gasteiger partial charge in [-0.1, -0.05) is 0 Å². The molecule has 1 aromatic rings. The first kappa shape index (κ1) is 14.8. The van der Waals surface area contributed by atoms with Crippen LogP contribution < -0.4 is 5.32 Å². The molecule has 0 aromatic heterocycles. The van der Waals surface area contributed by atoms with E-state index in [4.69, 9.17) is 0 Å². The zero-order chi connectivity index (χ0) is 14.9. The van der Waals surface area contributed by atoms with Crippen molar-refractivity contribution >= 4 is 5.91 Å². The first-order valence-electron chi connectivity index (χ1n) is 6.51. The number of halogens is 3. The molecule has 110 valence electrons. The van der Waals surface area contributed by atoms with Gasteiger partial charge in [0.1, 0.15) is 0 Å². The van der Waals surface area contributed by atoms with Gasteiger partial charge in [0, 0.05) is 30.7 Å². The summed E-state index contributed by atoms with van der Waals surface area (Å²) in [5.74, 6) is -0.222. The smallest absolute Gasteiger partial charge is 0.331 e. The maximum absolute atomic E-state index is 12.5. The van der Waals surface area contributed by atoms with Crippen LogP contribution >= 0.6 is 0 Å². The standard InChI is InChI=1S/C14H17F3N2O/c1-9-7-18-8-10(2)19(9)13(20)11-3-5-12(6-4-11)14(15,16)17/h3-6,9-10,18H,7-8H2,1-2H3. The molecule has 1 aliphatic heterocycles. The molecule has 1 N–H and O–H groups in total. The van der Waals surface area contributed by atoms with E-state index in [0.717, 1.165) is 12.1 Å². The van der Waals surface area contributed by atoms with Crippen molar-refractivity contribution in [3.8, 4) is 0 Å². The third kappa shape index (κ3) is 2.95. The average Bonchev–Trinajstić information content (AvgIpc) is 2.37. The fraction of sp³-hybridized carbons (Fsp3) is 0.500. The SMILES string of the molecule is CC1CNCC(C)N1C(=O)c1ccc(C(F)(F)F)cc1. The van der Waals surface area contributed by atoms with Crippen LogP contribution in [0.2, 0.25) is 0 Å². The zero-order valence-electron chi connectivity index (χ0n) is 11.4. The van der Waals surface area contributed by atoms with Crippen molar-refractivity contribution in [2.45, 2.75) is 32.1 Å². The maximum atomic E-state index is 12.5. The first-order valence-corrected chi connectivity index (χ1v) is 6.51. The number of nitrogens with zero attached hydrogens (tertiary/aromatic N) is 1. The van der Waals surface area contributed by atoms with E-state index in [1.165, 1.54) is 12.1 Å². The lowest BCUT2D eigenvalue weighted by molar-refractivity contribution is -0.137. The highest BCUT2D eigenvalue weighted by atomic mass is 19.4. The van der Waals surface area contributed by atoms with Crippen molar-refractivity contribution in [1.29, 1.82) is 0 Å². The first-order chi connectivity index (χ1) is 9.30. The number of nitrogens with one attached hydrogen (secondary N) is 1. The summed E-state index contributed by atoms with van der Waals surface area (Å²) < 4.78 is 37.5. The maximum Gasteiger partial charge on any atom is 0.416 e. The monoisotopic (exact) mass is 286 g/mol. The van der Waals surface area contributed by atoms with E-state index in [2.05, 4.69) is 5.32 Å². The van der Waals surface area contributed by atoms with Gasteiger partial charge in [0.15, 0.2) is 0 Å². The predicted molar refractivity (Wildman–Crippen MR) is 69.4 cm³/mol. The van der Waals surface area contributed by atoms with Crippen LogP contribution in [0.4, 0.5) is 13.2 Å². The second kappa shape index (κ2) is 5.44. The molecule has 3 nitrogen and oxygen atoms in total. The van der Waals surface area contributed by atoms with Crippen LogP contribution in [0.15, 0.2) is 24.3 Å². The fourth-order valence-corrected chi connectivity index (χ4v) is 2.48. The molecular formula is C14H17F3N2O. The molecule has 1 fully saturated rings. The third-order valence-electron chi connectivity index (χ3n) is 3.52. The number of hydrogen-bond acceptors (Lipinski definition) is 2. The Bertz CT molecular complexity index is 474. The minimum absolute atomic E-state index is 0.0218. The summed E-state index contributed by atoms with van der Waals surface area (Å²) in [7, 11) is 0. The lowest BCUT2D eigenvalue weighted by atomic mass is 10.1. The molecular weight excluding hydrogens is 269 g/mol. The van der Waals surface area contributed by atoms with Gasteiger partial charge in [-0.25, -0.2) is 0 Å². The summed E-state index contributed by atoms with van der Waals surface area (Å²) in [5.41, 5.74) is -0.450. The van der Waals surface area contributed by atoms with Gasteiger partial charge in [0.05, 0.1) is 5.56 Å². The Morgan fingerprint density at radius 3 is 2.10 bits per heavy atom. The Morgan fingerprint density at radius 2 is 1.65 bits per heavy atom. The molecule has 1 aromatic carbocycles. The Labute approximate surface area is 115 Å². The van der Waals surface area contributed by atoms with Gasteiger partial charge in [-0.05, 0) is 38.1 Å². The molecule has 6 heteroatoms. The van der Waals surface area contributed by atoms with Gasteiger partial charge < -0.3 is 10.2 Å². The zero-order valence-corrected chi connectivity index (χ0v) is 11.4. The molecule has 0 aliphatic carbocycles. The lowest BCUT2D eigenvalue weighted by Crippen LogP contribution is -2.57. The van der Waals surface area contributed by atoms with E-state index in [0.29, 0.717) is 18.7 Å². The summed E-state index contributed by atoms with van der Waals surface area (Å²) in [5, 5.41) is 3.21. The number of benzene rings is 1. The quantitative estimate of drug-likeness (QED) is 0.860. The molecule has 0 saturated carbocycles. The van der Waals surface area contributed by atoms with Crippen LogP contribution in [0.1, 0.15) is 29.8 Å². The van der Waals surface area contributed by atoms with Gasteiger partial charge in [-0.3, -0.25) is 4.79 Å². The number of rotatable bonds is 1. The highest BCUT2D eigenvalue weighted by molar-refractivity contribution is 5.94. The van der Waals surface area contributed by atoms with Crippen LogP contribution in [0, 0.1) is 0 Å². The normalized spacial score (nSPS) is 23.8. The van der Waals surface area contributed by atoms with Crippen molar-refractivity contribution in [3.05, 3.63) is 35.4 Å². The largest absolute Gasteiger partial charge is 0.416 e. The Hall–Kier alpha value is -1.56. The molecule has 2 unspecified atom stereocenters. The van der Waals surface area contributed by atoms with Crippen molar-refractivity contribution in [2.75, 3.05) is 13.1 Å². The summed E-state index contributed by atoms with van der Waals surface area (Å²) in [4.78, 5) is 14.1. The van der Waals surface area contributed by atoms with Crippen LogP contribution in [0.25, 0.3) is 0 Å². The van der Waals surface area contributed by atoms with Crippen LogP contribution in [0.3, 0.4) is 0 Å². The second-order valence-corrected chi connectivity index (χ2v) is 5.14. The Balaban J connectivity index is 2.20. The summed E-state index contributed by atoms with van der Waals surface area (Å²) in [6, 6.07) is 4.43. The fourth-order valence-electron chi connectivity index (χ4n) is 2.48. The van der Waals surface area contributed by atoms with Crippen LogP contribution in [-0.4, -0.2) is 36.0 Å². The number of hydrogen-bond donors (Lipinski definition) is 1. The van der Waals surface area contributed by atoms with Crippen LogP contribution in [-0.2, 0) is 6.18 Å². The molecule has 2 rings (SSSR count). The summed E-state index contributed by atoms with van der Waals surface area (Å²) in [6.07, 6.45) is -4.38. The number of amides is 1. The third-order valence-corrected chi connectivity index (χ3v) is 3.52. The second-order valence-electron chi connectivity index (χ2n) is 5.14. The van der Waals surface area contributed by atoms with Crippen molar-refractivity contribution in [1.82, 2.24) is 10.2 Å². The van der Waals surface area contributed by atoms with Crippen molar-refractivity contribution in [3.63, 3.8) is 0 Å². The molecule has 20 heavy (non-hydrogen) atoms. The predicted octanol–water partition coefficient (Wildman–Crippen LogP) is 2.53. The van der Waals surface area contributed by atoms with Crippen molar-refractivity contribution < 1.29 is 18.0 Å². The minimum Gasteiger partial charge on any atom is -0.331 e. The van der Waals surface area contributed by atoms with Gasteiger partial charge in [0.2, 0.25) is 0 Å². The molecule has 2 atom stereocenters. The molecule has 1 heterocycles. The Morgan fingerprint density at radius 1 is 1.15 bits per heavy atom. The average molecular weight is 286 g/mol. The summed E-state index contributed by atoms with van der Waals surface area (Å²) in [6.45, 7) is 5.22. The van der Waals surface area contributed by atoms with E-state index in [-0.39, 0.29) is 18.0 Å². The molecule has 0 bridgehead atoms. The molecule has 0 spiro atoms. The number of piperazine rings is 1. The van der Waals surface area contributed by atoms with Crippen LogP contribution in [0.5, 0.6) is 0 Å². The topological polar surface area (TPSA) is 32.3 Å². The molecule has 1 saturated heterocycles. The molecule has 1 amide bonds. The number of alkyl halides is 3. The van der Waals surface area contributed by atoms with E-state index in [9.17, 15) is 18.0 Å². The van der Waals surface area contributed by atoms with E-state index < -0.39 is 11.7 Å². The summed E-state index contributed by atoms with van der Waals surface area (Å²) >= 11 is 0. The van der Waals surface area contributed by atoms with Gasteiger partial charge in [0.25, 0.3) is 5.91 Å². The minimum atomic E-state index is -4.38. The van der Waals surface area contributed by atoms with Gasteiger partial charge in [-0.2, -0.15) is 13.2 Å². The Kier molecular flexibility index (Phi) is 4.04. The van der Waals surface area contributed by atoms with Gasteiger partial charge >= 0.3 is 6.18 Å². The van der Waals surface area contributed by atoms with E-state index in [1.54, 1.807) is 4.90 Å².